The van der Waals surface area contributed by atoms with Crippen LogP contribution in [0.2, 0.25) is 0 Å². The number of aromatic nitrogens is 2. The number of nitrogens with one attached hydrogen (secondary N) is 3. The maximum atomic E-state index is 12.4. The van der Waals surface area contributed by atoms with E-state index in [1.165, 1.54) is 24.3 Å². The molecule has 24 heavy (non-hydrogen) atoms. The summed E-state index contributed by atoms with van der Waals surface area (Å²) in [6.45, 7) is 5.82. The van der Waals surface area contributed by atoms with E-state index in [9.17, 15) is 13.2 Å². The highest BCUT2D eigenvalue weighted by molar-refractivity contribution is 7.92. The topological polar surface area (TPSA) is 113 Å². The number of sulfonamides is 1. The van der Waals surface area contributed by atoms with Crippen LogP contribution in [-0.2, 0) is 10.0 Å². The smallest absolute Gasteiger partial charge is 0.319 e. The lowest BCUT2D eigenvalue weighted by atomic mass is 10.3. The second-order valence-electron chi connectivity index (χ2n) is 5.09. The van der Waals surface area contributed by atoms with Crippen molar-refractivity contribution in [2.24, 2.45) is 0 Å². The molecule has 0 fully saturated rings. The van der Waals surface area contributed by atoms with Crippen molar-refractivity contribution in [2.45, 2.75) is 25.7 Å². The summed E-state index contributed by atoms with van der Waals surface area (Å²) in [4.78, 5) is 19.6. The van der Waals surface area contributed by atoms with Gasteiger partial charge < -0.3 is 10.6 Å². The van der Waals surface area contributed by atoms with E-state index in [0.717, 1.165) is 0 Å². The summed E-state index contributed by atoms with van der Waals surface area (Å²) in [7, 11) is -3.81. The number of aryl methyl sites for hydroxylation is 2. The Morgan fingerprint density at radius 3 is 2.21 bits per heavy atom. The number of nitrogens with zero attached hydrogens (tertiary/aromatic N) is 2. The van der Waals surface area contributed by atoms with Crippen LogP contribution in [-0.4, -0.2) is 31.0 Å². The molecular formula is C15H19N5O3S. The number of carbonyl (C=O) groups excluding carboxylic acids is 1. The van der Waals surface area contributed by atoms with Gasteiger partial charge in [0.15, 0.2) is 0 Å². The van der Waals surface area contributed by atoms with Crippen molar-refractivity contribution >= 4 is 27.7 Å². The molecule has 2 aromatic rings. The molecule has 1 heterocycles. The first-order chi connectivity index (χ1) is 11.3. The number of hydrogen-bond acceptors (Lipinski definition) is 5. The van der Waals surface area contributed by atoms with Gasteiger partial charge in [0, 0.05) is 23.6 Å². The van der Waals surface area contributed by atoms with Crippen LogP contribution in [0, 0.1) is 13.8 Å². The first kappa shape index (κ1) is 17.7. The highest BCUT2D eigenvalue weighted by atomic mass is 32.2. The minimum Gasteiger partial charge on any atom is -0.338 e. The van der Waals surface area contributed by atoms with Crippen molar-refractivity contribution in [1.82, 2.24) is 15.3 Å². The van der Waals surface area contributed by atoms with E-state index in [-0.39, 0.29) is 16.9 Å². The zero-order valence-electron chi connectivity index (χ0n) is 13.6. The molecule has 128 valence electrons. The van der Waals surface area contributed by atoms with Crippen LogP contribution in [0.25, 0.3) is 0 Å². The predicted molar refractivity (Wildman–Crippen MR) is 91.5 cm³/mol. The number of urea groups is 1. The summed E-state index contributed by atoms with van der Waals surface area (Å²) >= 11 is 0. The summed E-state index contributed by atoms with van der Waals surface area (Å²) in [6.07, 6.45) is 0. The molecule has 3 N–H and O–H groups in total. The second-order valence-corrected chi connectivity index (χ2v) is 6.77. The van der Waals surface area contributed by atoms with Crippen LogP contribution in [0.3, 0.4) is 0 Å². The maximum absolute atomic E-state index is 12.4. The van der Waals surface area contributed by atoms with Crippen LogP contribution < -0.4 is 15.4 Å². The molecule has 0 atom stereocenters. The van der Waals surface area contributed by atoms with Gasteiger partial charge in [0.2, 0.25) is 5.95 Å². The van der Waals surface area contributed by atoms with Gasteiger partial charge in [-0.1, -0.05) is 0 Å². The molecule has 0 bridgehead atoms. The summed E-state index contributed by atoms with van der Waals surface area (Å²) in [5, 5.41) is 5.18. The maximum Gasteiger partial charge on any atom is 0.319 e. The zero-order valence-corrected chi connectivity index (χ0v) is 14.4. The Morgan fingerprint density at radius 2 is 1.67 bits per heavy atom. The van der Waals surface area contributed by atoms with Crippen molar-refractivity contribution in [1.29, 1.82) is 0 Å². The van der Waals surface area contributed by atoms with Crippen molar-refractivity contribution in [3.8, 4) is 0 Å². The van der Waals surface area contributed by atoms with Gasteiger partial charge in [-0.15, -0.1) is 0 Å². The molecule has 1 aromatic carbocycles. The van der Waals surface area contributed by atoms with Gasteiger partial charge in [0.25, 0.3) is 10.0 Å². The molecule has 0 radical (unpaired) electrons. The Kier molecular flexibility index (Phi) is 5.35. The Labute approximate surface area is 140 Å². The molecule has 0 aliphatic carbocycles. The number of amides is 2. The van der Waals surface area contributed by atoms with Gasteiger partial charge in [-0.25, -0.2) is 27.9 Å². The van der Waals surface area contributed by atoms with Crippen molar-refractivity contribution < 1.29 is 13.2 Å². The van der Waals surface area contributed by atoms with Crippen molar-refractivity contribution in [3.63, 3.8) is 0 Å². The first-order valence-electron chi connectivity index (χ1n) is 7.30. The lowest BCUT2D eigenvalue weighted by Crippen LogP contribution is -2.28. The van der Waals surface area contributed by atoms with E-state index in [2.05, 4.69) is 25.3 Å². The fraction of sp³-hybridized carbons (Fsp3) is 0.267. The Morgan fingerprint density at radius 1 is 1.08 bits per heavy atom. The summed E-state index contributed by atoms with van der Waals surface area (Å²) in [5.41, 5.74) is 1.82. The second kappa shape index (κ2) is 7.26. The molecule has 0 spiro atoms. The Balaban J connectivity index is 2.16. The highest BCUT2D eigenvalue weighted by Gasteiger charge is 2.16. The van der Waals surface area contributed by atoms with E-state index in [1.54, 1.807) is 26.8 Å². The van der Waals surface area contributed by atoms with Crippen LogP contribution in [0.5, 0.6) is 0 Å². The quantitative estimate of drug-likeness (QED) is 0.764. The van der Waals surface area contributed by atoms with E-state index in [0.29, 0.717) is 23.6 Å². The largest absolute Gasteiger partial charge is 0.338 e. The van der Waals surface area contributed by atoms with Gasteiger partial charge in [0.1, 0.15) is 0 Å². The van der Waals surface area contributed by atoms with Gasteiger partial charge >= 0.3 is 6.03 Å². The van der Waals surface area contributed by atoms with Crippen molar-refractivity contribution in [3.05, 3.63) is 41.7 Å². The SMILES string of the molecule is CCNC(=O)Nc1ccc(S(=O)(=O)Nc2nc(C)cc(C)n2)cc1. The summed E-state index contributed by atoms with van der Waals surface area (Å²) in [6, 6.07) is 7.20. The van der Waals surface area contributed by atoms with Gasteiger partial charge in [-0.2, -0.15) is 0 Å². The zero-order chi connectivity index (χ0) is 17.7. The molecule has 0 aliphatic rings. The lowest BCUT2D eigenvalue weighted by Gasteiger charge is -2.09. The average Bonchev–Trinajstić information content (AvgIpc) is 2.46. The predicted octanol–water partition coefficient (Wildman–Crippen LogP) is 2.04. The average molecular weight is 349 g/mol. The Hall–Kier alpha value is -2.68. The molecule has 0 aliphatic heterocycles. The van der Waals surface area contributed by atoms with Crippen LogP contribution in [0.1, 0.15) is 18.3 Å². The highest BCUT2D eigenvalue weighted by Crippen LogP contribution is 2.17. The fourth-order valence-electron chi connectivity index (χ4n) is 2.00. The molecular weight excluding hydrogens is 330 g/mol. The molecule has 2 amide bonds. The minimum atomic E-state index is -3.81. The van der Waals surface area contributed by atoms with Crippen LogP contribution >= 0.6 is 0 Å². The number of benzene rings is 1. The van der Waals surface area contributed by atoms with Crippen LogP contribution in [0.4, 0.5) is 16.4 Å². The van der Waals surface area contributed by atoms with Gasteiger partial charge in [0.05, 0.1) is 4.90 Å². The fourth-order valence-corrected chi connectivity index (χ4v) is 2.95. The van der Waals surface area contributed by atoms with Crippen molar-refractivity contribution in [2.75, 3.05) is 16.6 Å². The third kappa shape index (κ3) is 4.66. The van der Waals surface area contributed by atoms with E-state index in [4.69, 9.17) is 0 Å². The van der Waals surface area contributed by atoms with E-state index >= 15 is 0 Å². The Bertz CT molecular complexity index is 814. The normalized spacial score (nSPS) is 11.0. The minimum absolute atomic E-state index is 0.0250. The number of rotatable bonds is 5. The molecule has 9 heteroatoms. The van der Waals surface area contributed by atoms with Crippen LogP contribution in [0.15, 0.2) is 35.2 Å². The first-order valence-corrected chi connectivity index (χ1v) is 8.78. The summed E-state index contributed by atoms with van der Waals surface area (Å²) < 4.78 is 27.1. The third-order valence-corrected chi connectivity index (χ3v) is 4.31. The number of anilines is 2. The molecule has 2 rings (SSSR count). The third-order valence-electron chi connectivity index (χ3n) is 2.97. The van der Waals surface area contributed by atoms with E-state index in [1.807, 2.05) is 0 Å². The molecule has 0 saturated heterocycles. The monoisotopic (exact) mass is 349 g/mol. The molecule has 1 aromatic heterocycles. The lowest BCUT2D eigenvalue weighted by molar-refractivity contribution is 0.252. The van der Waals surface area contributed by atoms with Gasteiger partial charge in [-0.05, 0) is 51.1 Å². The standard InChI is InChI=1S/C15H19N5O3S/c1-4-16-15(21)19-12-5-7-13(8-6-12)24(22,23)20-14-17-10(2)9-11(3)18-14/h5-9H,4H2,1-3H3,(H2,16,19,21)(H,17,18,20). The van der Waals surface area contributed by atoms with E-state index < -0.39 is 10.0 Å². The summed E-state index contributed by atoms with van der Waals surface area (Å²) in [5.74, 6) is 0.0250. The number of carbonyl (C=O) groups is 1. The molecule has 8 nitrogen and oxygen atoms in total. The molecule has 0 unspecified atom stereocenters. The number of hydrogen-bond donors (Lipinski definition) is 3. The molecule has 0 saturated carbocycles. The van der Waals surface area contributed by atoms with Gasteiger partial charge in [-0.3, -0.25) is 0 Å².